The number of aromatic nitrogens is 6. The summed E-state index contributed by atoms with van der Waals surface area (Å²) in [6.07, 6.45) is 18.2. The van der Waals surface area contributed by atoms with Gasteiger partial charge in [0, 0.05) is 81.2 Å². The second kappa shape index (κ2) is 24.1. The molecule has 15 heteroatoms. The quantitative estimate of drug-likeness (QED) is 0.0373. The van der Waals surface area contributed by atoms with Crippen molar-refractivity contribution in [3.8, 4) is 51.4 Å². The normalized spacial score (nSPS) is 12.6. The van der Waals surface area contributed by atoms with Gasteiger partial charge in [0.1, 0.15) is 37.1 Å². The van der Waals surface area contributed by atoms with Gasteiger partial charge in [0.05, 0.1) is 46.2 Å². The van der Waals surface area contributed by atoms with E-state index in [9.17, 15) is 14.4 Å². The highest BCUT2D eigenvalue weighted by atomic mass is 16.7. The van der Waals surface area contributed by atoms with Crippen LogP contribution in [0.25, 0.3) is 34.2 Å². The van der Waals surface area contributed by atoms with E-state index in [2.05, 4.69) is 29.9 Å². The van der Waals surface area contributed by atoms with Gasteiger partial charge >= 0.3 is 5.97 Å². The van der Waals surface area contributed by atoms with Crippen LogP contribution in [0.15, 0.2) is 128 Å². The van der Waals surface area contributed by atoms with Crippen LogP contribution in [-0.2, 0) is 24.0 Å². The van der Waals surface area contributed by atoms with Crippen molar-refractivity contribution in [1.29, 1.82) is 0 Å². The number of pyridine rings is 6. The zero-order valence-corrected chi connectivity index (χ0v) is 36.3. The Morgan fingerprint density at radius 1 is 0.477 bits per heavy atom. The molecule has 0 unspecified atom stereocenters. The summed E-state index contributed by atoms with van der Waals surface area (Å²) < 4.78 is 26.3. The van der Waals surface area contributed by atoms with E-state index >= 15 is 0 Å². The van der Waals surface area contributed by atoms with Crippen LogP contribution in [0, 0.1) is 5.41 Å². The summed E-state index contributed by atoms with van der Waals surface area (Å²) in [5.74, 6) is 0.369. The van der Waals surface area contributed by atoms with Crippen molar-refractivity contribution in [1.82, 2.24) is 35.0 Å². The van der Waals surface area contributed by atoms with E-state index in [-0.39, 0.29) is 45.7 Å². The van der Waals surface area contributed by atoms with E-state index in [0.717, 1.165) is 62.0 Å². The molecule has 0 bridgehead atoms. The molecule has 6 aromatic heterocycles. The van der Waals surface area contributed by atoms with Gasteiger partial charge in [-0.15, -0.1) is 5.06 Å². The molecule has 7 rings (SSSR count). The summed E-state index contributed by atoms with van der Waals surface area (Å²) in [7, 11) is 0. The Labute approximate surface area is 378 Å². The second-order valence-corrected chi connectivity index (χ2v) is 15.8. The van der Waals surface area contributed by atoms with E-state index in [1.54, 1.807) is 37.2 Å². The lowest BCUT2D eigenvalue weighted by Crippen LogP contribution is -2.44. The van der Waals surface area contributed by atoms with E-state index in [1.807, 2.05) is 91.0 Å². The van der Waals surface area contributed by atoms with Crippen molar-refractivity contribution in [2.75, 3.05) is 33.0 Å². The molecule has 1 saturated heterocycles. The second-order valence-electron chi connectivity index (χ2n) is 15.8. The number of imide groups is 1. The molecule has 1 aliphatic rings. The van der Waals surface area contributed by atoms with Crippen molar-refractivity contribution in [3.63, 3.8) is 0 Å². The molecular weight excluding hydrogens is 827 g/mol. The molecule has 0 saturated carbocycles. The summed E-state index contributed by atoms with van der Waals surface area (Å²) in [6.45, 7) is 1.34. The molecule has 0 radical (unpaired) electrons. The van der Waals surface area contributed by atoms with Crippen molar-refractivity contribution < 1.29 is 38.2 Å². The lowest BCUT2D eigenvalue weighted by molar-refractivity contribution is -0.197. The zero-order valence-electron chi connectivity index (χ0n) is 36.3. The minimum Gasteiger partial charge on any atom is -0.493 e. The molecule has 0 N–H and O–H groups in total. The highest BCUT2D eigenvalue weighted by Gasteiger charge is 2.36. The first-order valence-corrected chi connectivity index (χ1v) is 22.1. The van der Waals surface area contributed by atoms with Gasteiger partial charge in [0.25, 0.3) is 11.8 Å². The summed E-state index contributed by atoms with van der Waals surface area (Å²) in [4.78, 5) is 67.4. The largest absolute Gasteiger partial charge is 0.493 e. The Balaban J connectivity index is 0.985. The van der Waals surface area contributed by atoms with Crippen molar-refractivity contribution in [2.24, 2.45) is 5.41 Å². The smallest absolute Gasteiger partial charge is 0.333 e. The van der Waals surface area contributed by atoms with E-state index in [1.165, 1.54) is 0 Å². The number of amides is 2. The number of nitrogens with zero attached hydrogens (tertiary/aromatic N) is 7. The van der Waals surface area contributed by atoms with Gasteiger partial charge in [-0.3, -0.25) is 39.5 Å². The summed E-state index contributed by atoms with van der Waals surface area (Å²) in [5.41, 5.74) is 3.44. The minimum absolute atomic E-state index is 0.0870. The number of carbonyl (C=O) groups excluding carboxylic acids is 3. The molecule has 0 aliphatic carbocycles. The van der Waals surface area contributed by atoms with Gasteiger partial charge in [0.15, 0.2) is 0 Å². The van der Waals surface area contributed by atoms with Crippen LogP contribution in [-0.4, -0.2) is 85.8 Å². The van der Waals surface area contributed by atoms with Gasteiger partial charge < -0.3 is 23.8 Å². The fourth-order valence-electron chi connectivity index (χ4n) is 7.05. The number of hydroxylamine groups is 2. The van der Waals surface area contributed by atoms with Crippen LogP contribution in [0.4, 0.5) is 0 Å². The summed E-state index contributed by atoms with van der Waals surface area (Å²) >= 11 is 0. The molecular formula is C50H53N7O8. The van der Waals surface area contributed by atoms with Gasteiger partial charge in [-0.25, -0.2) is 4.79 Å². The lowest BCUT2D eigenvalue weighted by Gasteiger charge is -2.33. The molecule has 1 aliphatic heterocycles. The SMILES string of the molecule is O=C(CCCCCCCCCCOCC(COc1ccnc(-c2ccccn2)c1)(COc1ccnc(-c2ccccn2)c1)COc1ccnc(-c2ccccn2)c1)ON1C(=O)CCC1=O. The molecule has 7 heterocycles. The first-order chi connectivity index (χ1) is 31.9. The van der Waals surface area contributed by atoms with Gasteiger partial charge in [0.2, 0.25) is 0 Å². The number of ether oxygens (including phenoxy) is 4. The first kappa shape index (κ1) is 45.9. The molecule has 65 heavy (non-hydrogen) atoms. The Morgan fingerprint density at radius 3 is 1.29 bits per heavy atom. The van der Waals surface area contributed by atoms with Crippen LogP contribution in [0.3, 0.4) is 0 Å². The molecule has 15 nitrogen and oxygen atoms in total. The van der Waals surface area contributed by atoms with Crippen LogP contribution in [0.5, 0.6) is 17.2 Å². The topological polar surface area (TPSA) is 178 Å². The van der Waals surface area contributed by atoms with Gasteiger partial charge in [-0.05, 0) is 67.4 Å². The standard InChI is InChI=1S/C50H53N7O8/c58-47-19-20-48(59)57(47)65-49(60)18-7-5-3-1-2-4-6-14-30-61-34-50(35-62-38-21-27-54-44(31-38)41-15-8-11-24-51-41,36-63-39-22-28-55-45(32-39)42-16-9-12-25-52-42)37-64-40-23-29-56-46(33-40)43-17-10-13-26-53-43/h8-13,15-17,21-29,31-33H,1-7,14,18-20,30,34-37H2. The third-order valence-electron chi connectivity index (χ3n) is 10.6. The Morgan fingerprint density at radius 2 is 0.877 bits per heavy atom. The molecule has 6 aromatic rings. The van der Waals surface area contributed by atoms with Crippen LogP contribution in [0.2, 0.25) is 0 Å². The number of hydrogen-bond donors (Lipinski definition) is 0. The van der Waals surface area contributed by atoms with Gasteiger partial charge in [-0.1, -0.05) is 56.7 Å². The summed E-state index contributed by atoms with van der Waals surface area (Å²) in [6, 6.07) is 28.1. The molecule has 336 valence electrons. The molecule has 1 fully saturated rings. The first-order valence-electron chi connectivity index (χ1n) is 22.1. The lowest BCUT2D eigenvalue weighted by atomic mass is 9.92. The predicted molar refractivity (Wildman–Crippen MR) is 241 cm³/mol. The Bertz CT molecular complexity index is 2200. The predicted octanol–water partition coefficient (Wildman–Crippen LogP) is 8.72. The average Bonchev–Trinajstić information content (AvgIpc) is 3.67. The third kappa shape index (κ3) is 14.2. The fraction of sp³-hybridized carbons (Fsp3) is 0.340. The van der Waals surface area contributed by atoms with Crippen molar-refractivity contribution >= 4 is 17.8 Å². The third-order valence-corrected chi connectivity index (χ3v) is 10.6. The Hall–Kier alpha value is -7.13. The Kier molecular flexibility index (Phi) is 17.0. The highest BCUT2D eigenvalue weighted by Crippen LogP contribution is 2.29. The van der Waals surface area contributed by atoms with E-state index in [4.69, 9.17) is 23.8 Å². The zero-order chi connectivity index (χ0) is 44.9. The fourth-order valence-corrected chi connectivity index (χ4v) is 7.05. The van der Waals surface area contributed by atoms with E-state index in [0.29, 0.717) is 52.4 Å². The van der Waals surface area contributed by atoms with Crippen molar-refractivity contribution in [2.45, 2.75) is 70.6 Å². The van der Waals surface area contributed by atoms with Crippen LogP contribution in [0.1, 0.15) is 70.6 Å². The highest BCUT2D eigenvalue weighted by molar-refractivity contribution is 6.01. The maximum atomic E-state index is 12.1. The van der Waals surface area contributed by atoms with Gasteiger partial charge in [-0.2, -0.15) is 0 Å². The maximum Gasteiger partial charge on any atom is 0.333 e. The number of rotatable bonds is 26. The van der Waals surface area contributed by atoms with Crippen LogP contribution >= 0.6 is 0 Å². The molecule has 0 spiro atoms. The molecule has 0 atom stereocenters. The monoisotopic (exact) mass is 879 g/mol. The number of carbonyl (C=O) groups is 3. The molecule has 2 amide bonds. The number of hydrogen-bond acceptors (Lipinski definition) is 14. The maximum absolute atomic E-state index is 12.1. The van der Waals surface area contributed by atoms with E-state index < -0.39 is 23.2 Å². The van der Waals surface area contributed by atoms with Crippen molar-refractivity contribution in [3.05, 3.63) is 128 Å². The molecule has 0 aromatic carbocycles. The summed E-state index contributed by atoms with van der Waals surface area (Å²) in [5, 5.41) is 0.605. The van der Waals surface area contributed by atoms with Crippen LogP contribution < -0.4 is 14.2 Å². The average molecular weight is 880 g/mol. The number of unbranched alkanes of at least 4 members (excludes halogenated alkanes) is 7. The minimum atomic E-state index is -0.816.